The van der Waals surface area contributed by atoms with Crippen LogP contribution in [0.25, 0.3) is 6.08 Å². The molecule has 0 fully saturated rings. The van der Waals surface area contributed by atoms with Crippen LogP contribution in [-0.4, -0.2) is 18.3 Å². The van der Waals surface area contributed by atoms with Gasteiger partial charge in [-0.3, -0.25) is 4.79 Å². The van der Waals surface area contributed by atoms with E-state index in [1.165, 1.54) is 6.07 Å². The van der Waals surface area contributed by atoms with Crippen molar-refractivity contribution in [2.45, 2.75) is 6.23 Å². The number of anilines is 1. The van der Waals surface area contributed by atoms with Crippen molar-refractivity contribution in [1.82, 2.24) is 4.98 Å². The molecule has 68 valence electrons. The zero-order valence-corrected chi connectivity index (χ0v) is 7.20. The van der Waals surface area contributed by atoms with Crippen molar-refractivity contribution in [2.75, 3.05) is 12.4 Å². The molecule has 1 unspecified atom stereocenters. The van der Waals surface area contributed by atoms with Crippen LogP contribution in [0.2, 0.25) is 0 Å². The maximum Gasteiger partial charge on any atom is 0.248 e. The van der Waals surface area contributed by atoms with Crippen LogP contribution in [0.4, 0.5) is 5.69 Å². The molecule has 1 aliphatic rings. The van der Waals surface area contributed by atoms with Crippen LogP contribution in [0.5, 0.6) is 0 Å². The van der Waals surface area contributed by atoms with E-state index in [4.69, 9.17) is 4.74 Å². The van der Waals surface area contributed by atoms with Gasteiger partial charge in [0.15, 0.2) is 0 Å². The molecule has 2 N–H and O–H groups in total. The third kappa shape index (κ3) is 1.48. The molecule has 0 radical (unpaired) electrons. The van der Waals surface area contributed by atoms with Crippen LogP contribution in [0.3, 0.4) is 0 Å². The minimum atomic E-state index is -0.113. The van der Waals surface area contributed by atoms with E-state index in [2.05, 4.69) is 10.3 Å². The standard InChI is InChI=1S/C9H10N2O2/c1-13-9-5-3-6-7(11-9)2-4-8(12)10-6/h2-5,9,11H,1H3,(H,10,12). The fourth-order valence-electron chi connectivity index (χ4n) is 1.27. The van der Waals surface area contributed by atoms with E-state index in [1.807, 2.05) is 12.2 Å². The van der Waals surface area contributed by atoms with Crippen LogP contribution in [0.1, 0.15) is 5.69 Å². The Balaban J connectivity index is 2.41. The summed E-state index contributed by atoms with van der Waals surface area (Å²) in [6.45, 7) is 0. The second-order valence-corrected chi connectivity index (χ2v) is 2.81. The normalized spacial score (nSPS) is 19.3. The van der Waals surface area contributed by atoms with Crippen molar-refractivity contribution < 1.29 is 4.74 Å². The summed E-state index contributed by atoms with van der Waals surface area (Å²) >= 11 is 0. The van der Waals surface area contributed by atoms with E-state index in [0.717, 1.165) is 11.4 Å². The van der Waals surface area contributed by atoms with Gasteiger partial charge in [-0.2, -0.15) is 0 Å². The highest BCUT2D eigenvalue weighted by atomic mass is 16.5. The lowest BCUT2D eigenvalue weighted by Crippen LogP contribution is -2.23. The van der Waals surface area contributed by atoms with Crippen LogP contribution in [0.15, 0.2) is 23.0 Å². The Morgan fingerprint density at radius 1 is 1.46 bits per heavy atom. The molecule has 13 heavy (non-hydrogen) atoms. The molecule has 2 rings (SSSR count). The molecule has 0 amide bonds. The number of hydrogen-bond donors (Lipinski definition) is 2. The molecule has 0 bridgehead atoms. The summed E-state index contributed by atoms with van der Waals surface area (Å²) in [6, 6.07) is 3.22. The van der Waals surface area contributed by atoms with E-state index in [9.17, 15) is 4.79 Å². The lowest BCUT2D eigenvalue weighted by molar-refractivity contribution is 0.163. The van der Waals surface area contributed by atoms with Crippen LogP contribution in [0, 0.1) is 0 Å². The zero-order valence-electron chi connectivity index (χ0n) is 7.20. The van der Waals surface area contributed by atoms with Crippen molar-refractivity contribution in [3.05, 3.63) is 34.3 Å². The van der Waals surface area contributed by atoms with Crippen molar-refractivity contribution in [3.8, 4) is 0 Å². The summed E-state index contributed by atoms with van der Waals surface area (Å²) in [4.78, 5) is 13.7. The molecule has 1 aromatic heterocycles. The molecule has 4 nitrogen and oxygen atoms in total. The van der Waals surface area contributed by atoms with Gasteiger partial charge in [0.1, 0.15) is 6.23 Å². The van der Waals surface area contributed by atoms with E-state index < -0.39 is 0 Å². The summed E-state index contributed by atoms with van der Waals surface area (Å²) in [6.07, 6.45) is 3.57. The Morgan fingerprint density at radius 3 is 3.08 bits per heavy atom. The number of hydrogen-bond acceptors (Lipinski definition) is 3. The molecule has 0 aliphatic carbocycles. The van der Waals surface area contributed by atoms with Gasteiger partial charge in [-0.05, 0) is 18.2 Å². The predicted octanol–water partition coefficient (Wildman–Crippen LogP) is 0.786. The summed E-state index contributed by atoms with van der Waals surface area (Å²) in [7, 11) is 1.62. The van der Waals surface area contributed by atoms with Crippen LogP contribution in [-0.2, 0) is 4.74 Å². The molecule has 0 saturated carbocycles. The van der Waals surface area contributed by atoms with Gasteiger partial charge in [-0.1, -0.05) is 0 Å². The first kappa shape index (κ1) is 8.07. The molecule has 0 aromatic carbocycles. The van der Waals surface area contributed by atoms with Crippen LogP contribution < -0.4 is 10.9 Å². The Hall–Kier alpha value is -1.55. The fraction of sp³-hybridized carbons (Fsp3) is 0.222. The van der Waals surface area contributed by atoms with E-state index in [0.29, 0.717) is 0 Å². The van der Waals surface area contributed by atoms with Crippen molar-refractivity contribution in [2.24, 2.45) is 0 Å². The second-order valence-electron chi connectivity index (χ2n) is 2.81. The Labute approximate surface area is 75.2 Å². The number of nitrogens with one attached hydrogen (secondary N) is 2. The first-order valence-corrected chi connectivity index (χ1v) is 4.00. The van der Waals surface area contributed by atoms with Gasteiger partial charge in [-0.25, -0.2) is 0 Å². The van der Waals surface area contributed by atoms with Crippen molar-refractivity contribution in [3.63, 3.8) is 0 Å². The van der Waals surface area contributed by atoms with Gasteiger partial charge in [0.05, 0.1) is 11.4 Å². The number of H-pyrrole nitrogens is 1. The van der Waals surface area contributed by atoms with Gasteiger partial charge >= 0.3 is 0 Å². The largest absolute Gasteiger partial charge is 0.358 e. The topological polar surface area (TPSA) is 54.1 Å². The summed E-state index contributed by atoms with van der Waals surface area (Å²) in [5.74, 6) is 0. The number of methoxy groups -OCH3 is 1. The Morgan fingerprint density at radius 2 is 2.31 bits per heavy atom. The Bertz CT molecular complexity index is 395. The fourth-order valence-corrected chi connectivity index (χ4v) is 1.27. The van der Waals surface area contributed by atoms with Gasteiger partial charge in [0.2, 0.25) is 5.56 Å². The Kier molecular flexibility index (Phi) is 1.90. The maximum absolute atomic E-state index is 10.9. The molecule has 1 aliphatic heterocycles. The highest BCUT2D eigenvalue weighted by Gasteiger charge is 2.10. The molecular weight excluding hydrogens is 168 g/mol. The first-order valence-electron chi connectivity index (χ1n) is 4.00. The number of ether oxygens (including phenoxy) is 1. The second kappa shape index (κ2) is 3.06. The van der Waals surface area contributed by atoms with Gasteiger partial charge < -0.3 is 15.0 Å². The lowest BCUT2D eigenvalue weighted by atomic mass is 10.2. The highest BCUT2D eigenvalue weighted by Crippen LogP contribution is 2.18. The molecule has 2 heterocycles. The van der Waals surface area contributed by atoms with E-state index in [-0.39, 0.29) is 11.8 Å². The van der Waals surface area contributed by atoms with Crippen molar-refractivity contribution in [1.29, 1.82) is 0 Å². The molecular formula is C9H10N2O2. The number of pyridine rings is 1. The predicted molar refractivity (Wildman–Crippen MR) is 50.5 cm³/mol. The van der Waals surface area contributed by atoms with Gasteiger partial charge in [0.25, 0.3) is 0 Å². The minimum absolute atomic E-state index is 0.0962. The SMILES string of the molecule is COC1C=Cc2[nH]c(=O)ccc2N1. The third-order valence-electron chi connectivity index (χ3n) is 1.94. The van der Waals surface area contributed by atoms with Gasteiger partial charge in [-0.15, -0.1) is 0 Å². The minimum Gasteiger partial charge on any atom is -0.358 e. The van der Waals surface area contributed by atoms with Crippen molar-refractivity contribution >= 4 is 11.8 Å². The average Bonchev–Trinajstić information content (AvgIpc) is 2.17. The molecule has 4 heteroatoms. The van der Waals surface area contributed by atoms with Crippen LogP contribution >= 0.6 is 0 Å². The first-order chi connectivity index (χ1) is 6.29. The highest BCUT2D eigenvalue weighted by molar-refractivity contribution is 5.66. The summed E-state index contributed by atoms with van der Waals surface area (Å²) in [5, 5.41) is 3.09. The monoisotopic (exact) mass is 178 g/mol. The van der Waals surface area contributed by atoms with Gasteiger partial charge in [0, 0.05) is 13.2 Å². The van der Waals surface area contributed by atoms with E-state index >= 15 is 0 Å². The smallest absolute Gasteiger partial charge is 0.248 e. The quantitative estimate of drug-likeness (QED) is 0.668. The number of aromatic nitrogens is 1. The average molecular weight is 178 g/mol. The molecule has 0 saturated heterocycles. The number of fused-ring (bicyclic) bond motifs is 1. The molecule has 0 spiro atoms. The maximum atomic E-state index is 10.9. The zero-order chi connectivity index (χ0) is 9.26. The molecule has 1 aromatic rings. The van der Waals surface area contributed by atoms with E-state index in [1.54, 1.807) is 13.2 Å². The summed E-state index contributed by atoms with van der Waals surface area (Å²) in [5.41, 5.74) is 1.58. The number of aromatic amines is 1. The summed E-state index contributed by atoms with van der Waals surface area (Å²) < 4.78 is 5.09. The third-order valence-corrected chi connectivity index (χ3v) is 1.94. The molecule has 1 atom stereocenters. The number of rotatable bonds is 1. The lowest BCUT2D eigenvalue weighted by Gasteiger charge is -2.19.